The molecular weight excluding hydrogens is 224 g/mol. The topological polar surface area (TPSA) is 43.6 Å². The predicted molar refractivity (Wildman–Crippen MR) is 63.2 cm³/mol. The van der Waals surface area contributed by atoms with Crippen LogP contribution in [0.15, 0.2) is 0 Å². The third kappa shape index (κ3) is 1.51. The van der Waals surface area contributed by atoms with Crippen molar-refractivity contribution in [3.8, 4) is 0 Å². The molecule has 2 heterocycles. The van der Waals surface area contributed by atoms with Crippen molar-refractivity contribution in [2.75, 3.05) is 6.61 Å². The van der Waals surface area contributed by atoms with Crippen LogP contribution in [-0.2, 0) is 4.74 Å². The molecule has 16 heavy (non-hydrogen) atoms. The molecular formula is C11H14N2O2S. The van der Waals surface area contributed by atoms with Crippen LogP contribution in [0.4, 0.5) is 0 Å². The summed E-state index contributed by atoms with van der Waals surface area (Å²) in [6.45, 7) is 8.05. The quantitative estimate of drug-likeness (QED) is 0.755. The molecule has 0 aliphatic rings. The number of rotatable bonds is 2. The van der Waals surface area contributed by atoms with Gasteiger partial charge in [-0.2, -0.15) is 5.10 Å². The summed E-state index contributed by atoms with van der Waals surface area (Å²) in [6, 6.07) is 0. The summed E-state index contributed by atoms with van der Waals surface area (Å²) in [5, 5.41) is 4.36. The molecule has 86 valence electrons. The minimum Gasteiger partial charge on any atom is -0.462 e. The molecule has 2 aromatic heterocycles. The fraction of sp³-hybridized carbons (Fsp3) is 0.455. The van der Waals surface area contributed by atoms with Gasteiger partial charge in [0.1, 0.15) is 10.4 Å². The van der Waals surface area contributed by atoms with E-state index >= 15 is 0 Å². The van der Waals surface area contributed by atoms with Crippen LogP contribution in [0.3, 0.4) is 0 Å². The second-order valence-electron chi connectivity index (χ2n) is 3.64. The minimum atomic E-state index is -0.281. The maximum atomic E-state index is 11.8. The summed E-state index contributed by atoms with van der Waals surface area (Å²) >= 11 is 1.58. The molecule has 0 radical (unpaired) electrons. The van der Waals surface area contributed by atoms with Crippen molar-refractivity contribution in [2.45, 2.75) is 27.7 Å². The van der Waals surface area contributed by atoms with Crippen molar-refractivity contribution in [3.05, 3.63) is 21.8 Å². The SMILES string of the molecule is CCOC(=O)c1c(C)nn2c(C)c(C)sc12. The monoisotopic (exact) mass is 238 g/mol. The lowest BCUT2D eigenvalue weighted by Crippen LogP contribution is -2.05. The first-order valence-electron chi connectivity index (χ1n) is 5.18. The van der Waals surface area contributed by atoms with E-state index < -0.39 is 0 Å². The van der Waals surface area contributed by atoms with E-state index in [0.717, 1.165) is 16.2 Å². The van der Waals surface area contributed by atoms with Gasteiger partial charge in [-0.1, -0.05) is 0 Å². The lowest BCUT2D eigenvalue weighted by Gasteiger charge is -1.98. The van der Waals surface area contributed by atoms with Crippen molar-refractivity contribution in [1.82, 2.24) is 9.61 Å². The number of esters is 1. The number of ether oxygens (including phenoxy) is 1. The molecule has 0 saturated heterocycles. The molecule has 0 saturated carbocycles. The van der Waals surface area contributed by atoms with Gasteiger partial charge < -0.3 is 4.74 Å². The highest BCUT2D eigenvalue weighted by Gasteiger charge is 2.21. The predicted octanol–water partition coefficient (Wildman–Crippen LogP) is 2.50. The molecule has 2 rings (SSSR count). The Balaban J connectivity index is 2.64. The molecule has 0 aromatic carbocycles. The number of hydrogen-bond donors (Lipinski definition) is 0. The zero-order valence-electron chi connectivity index (χ0n) is 9.83. The molecule has 4 nitrogen and oxygen atoms in total. The number of aryl methyl sites for hydroxylation is 3. The van der Waals surface area contributed by atoms with Gasteiger partial charge in [-0.25, -0.2) is 9.31 Å². The van der Waals surface area contributed by atoms with Gasteiger partial charge in [-0.3, -0.25) is 0 Å². The number of carbonyl (C=O) groups excluding carboxylic acids is 1. The first-order chi connectivity index (χ1) is 7.56. The maximum absolute atomic E-state index is 11.8. The number of aromatic nitrogens is 2. The van der Waals surface area contributed by atoms with E-state index in [0.29, 0.717) is 12.2 Å². The second-order valence-corrected chi connectivity index (χ2v) is 4.84. The van der Waals surface area contributed by atoms with Crippen molar-refractivity contribution >= 4 is 22.1 Å². The van der Waals surface area contributed by atoms with E-state index in [-0.39, 0.29) is 5.97 Å². The average Bonchev–Trinajstić information content (AvgIpc) is 2.66. The van der Waals surface area contributed by atoms with Gasteiger partial charge in [0.25, 0.3) is 0 Å². The molecule has 5 heteroatoms. The van der Waals surface area contributed by atoms with E-state index in [4.69, 9.17) is 4.74 Å². The molecule has 0 spiro atoms. The summed E-state index contributed by atoms with van der Waals surface area (Å²) in [5.74, 6) is -0.281. The van der Waals surface area contributed by atoms with Crippen LogP contribution < -0.4 is 0 Å². The molecule has 0 bridgehead atoms. The Labute approximate surface area is 97.8 Å². The van der Waals surface area contributed by atoms with E-state index in [1.54, 1.807) is 18.3 Å². The minimum absolute atomic E-state index is 0.281. The molecule has 0 fully saturated rings. The molecule has 0 aliphatic heterocycles. The van der Waals surface area contributed by atoms with Crippen molar-refractivity contribution in [2.24, 2.45) is 0 Å². The van der Waals surface area contributed by atoms with E-state index in [1.165, 1.54) is 4.88 Å². The van der Waals surface area contributed by atoms with E-state index in [9.17, 15) is 4.79 Å². The normalized spacial score (nSPS) is 11.0. The Bertz CT molecular complexity index is 554. The van der Waals surface area contributed by atoms with Crippen LogP contribution in [-0.4, -0.2) is 22.2 Å². The standard InChI is InChI=1S/C11H14N2O2S/c1-5-15-11(14)9-6(2)12-13-7(3)8(4)16-10(9)13/h5H2,1-4H3. The van der Waals surface area contributed by atoms with Crippen LogP contribution in [0.5, 0.6) is 0 Å². The van der Waals surface area contributed by atoms with Crippen LogP contribution in [0, 0.1) is 20.8 Å². The maximum Gasteiger partial charge on any atom is 0.343 e. The summed E-state index contributed by atoms with van der Waals surface area (Å²) in [7, 11) is 0. The average molecular weight is 238 g/mol. The van der Waals surface area contributed by atoms with E-state index in [2.05, 4.69) is 5.10 Å². The first-order valence-corrected chi connectivity index (χ1v) is 6.00. The third-order valence-corrected chi connectivity index (χ3v) is 3.75. The van der Waals surface area contributed by atoms with Crippen LogP contribution in [0.2, 0.25) is 0 Å². The Morgan fingerprint density at radius 3 is 2.75 bits per heavy atom. The summed E-state index contributed by atoms with van der Waals surface area (Å²) < 4.78 is 6.86. The second kappa shape index (κ2) is 3.90. The van der Waals surface area contributed by atoms with Crippen LogP contribution >= 0.6 is 11.3 Å². The number of hydrogen-bond acceptors (Lipinski definition) is 4. The largest absolute Gasteiger partial charge is 0.462 e. The smallest absolute Gasteiger partial charge is 0.343 e. The summed E-state index contributed by atoms with van der Waals surface area (Å²) in [6.07, 6.45) is 0. The molecule has 0 atom stereocenters. The van der Waals surface area contributed by atoms with E-state index in [1.807, 2.05) is 25.3 Å². The lowest BCUT2D eigenvalue weighted by atomic mass is 10.3. The molecule has 0 aliphatic carbocycles. The van der Waals surface area contributed by atoms with Crippen molar-refractivity contribution < 1.29 is 9.53 Å². The molecule has 0 unspecified atom stereocenters. The van der Waals surface area contributed by atoms with Crippen molar-refractivity contribution in [3.63, 3.8) is 0 Å². The Morgan fingerprint density at radius 2 is 2.12 bits per heavy atom. The lowest BCUT2D eigenvalue weighted by molar-refractivity contribution is 0.0528. The molecule has 0 N–H and O–H groups in total. The first kappa shape index (κ1) is 11.1. The van der Waals surface area contributed by atoms with Crippen LogP contribution in [0.1, 0.15) is 33.5 Å². The van der Waals surface area contributed by atoms with Gasteiger partial charge in [0, 0.05) is 4.88 Å². The van der Waals surface area contributed by atoms with Gasteiger partial charge in [0.05, 0.1) is 18.0 Å². The number of fused-ring (bicyclic) bond motifs is 1. The highest BCUT2D eigenvalue weighted by Crippen LogP contribution is 2.27. The van der Waals surface area contributed by atoms with Crippen molar-refractivity contribution in [1.29, 1.82) is 0 Å². The molecule has 2 aromatic rings. The van der Waals surface area contributed by atoms with Gasteiger partial charge in [0.15, 0.2) is 0 Å². The van der Waals surface area contributed by atoms with Gasteiger partial charge in [-0.15, -0.1) is 11.3 Å². The summed E-state index contributed by atoms with van der Waals surface area (Å²) in [4.78, 5) is 13.8. The number of thiazole rings is 1. The third-order valence-electron chi connectivity index (χ3n) is 2.57. The Kier molecular flexibility index (Phi) is 2.71. The van der Waals surface area contributed by atoms with Gasteiger partial charge in [-0.05, 0) is 27.7 Å². The highest BCUT2D eigenvalue weighted by atomic mass is 32.1. The zero-order valence-corrected chi connectivity index (χ0v) is 10.6. The fourth-order valence-electron chi connectivity index (χ4n) is 1.63. The molecule has 0 amide bonds. The Morgan fingerprint density at radius 1 is 1.44 bits per heavy atom. The fourth-order valence-corrected chi connectivity index (χ4v) is 2.76. The number of nitrogens with zero attached hydrogens (tertiary/aromatic N) is 2. The van der Waals surface area contributed by atoms with Gasteiger partial charge in [0.2, 0.25) is 0 Å². The highest BCUT2D eigenvalue weighted by molar-refractivity contribution is 7.17. The number of carbonyl (C=O) groups is 1. The van der Waals surface area contributed by atoms with Gasteiger partial charge >= 0.3 is 5.97 Å². The summed E-state index contributed by atoms with van der Waals surface area (Å²) in [5.41, 5.74) is 2.41. The zero-order chi connectivity index (χ0) is 11.9. The Hall–Kier alpha value is -1.36. The van der Waals surface area contributed by atoms with Crippen LogP contribution in [0.25, 0.3) is 4.83 Å².